The molecule has 1 N–H and O–H groups in total. The van der Waals surface area contributed by atoms with E-state index in [1.54, 1.807) is 0 Å². The zero-order valence-electron chi connectivity index (χ0n) is 10.3. The summed E-state index contributed by atoms with van der Waals surface area (Å²) >= 11 is 0. The van der Waals surface area contributed by atoms with Crippen molar-refractivity contribution in [3.8, 4) is 0 Å². The maximum Gasteiger partial charge on any atom is 0.0523 e. The number of rotatable bonds is 4. The largest absolute Gasteiger partial charge is 0.393 e. The monoisotopic (exact) mass is 216 g/mol. The molecule has 0 aliphatic heterocycles. The summed E-state index contributed by atoms with van der Waals surface area (Å²) in [5, 5.41) is 9.46. The predicted molar refractivity (Wildman–Crippen MR) is 67.3 cm³/mol. The minimum absolute atomic E-state index is 0.156. The minimum Gasteiger partial charge on any atom is -0.393 e. The summed E-state index contributed by atoms with van der Waals surface area (Å²) in [6, 6.07) is 10.6. The Kier molecular flexibility index (Phi) is 2.90. The summed E-state index contributed by atoms with van der Waals surface area (Å²) in [5.74, 6) is 0.477. The molecule has 1 aromatic rings. The Balaban J connectivity index is 2.04. The van der Waals surface area contributed by atoms with E-state index in [4.69, 9.17) is 0 Å². The van der Waals surface area contributed by atoms with Crippen LogP contribution in [0.25, 0.3) is 0 Å². The van der Waals surface area contributed by atoms with Gasteiger partial charge in [-0.1, -0.05) is 55.8 Å². The van der Waals surface area contributed by atoms with Gasteiger partial charge in [0.15, 0.2) is 0 Å². The first kappa shape index (κ1) is 11.4. The fourth-order valence-electron chi connectivity index (χ4n) is 2.64. The third kappa shape index (κ3) is 2.19. The Hall–Kier alpha value is -1.08. The molecule has 1 heteroatoms. The SMILES string of the molecule is CC(O)C[C@@]1(C)C=C1C(C)c1ccccc1. The molecule has 1 aliphatic carbocycles. The van der Waals surface area contributed by atoms with Crippen LogP contribution in [-0.4, -0.2) is 11.2 Å². The van der Waals surface area contributed by atoms with Gasteiger partial charge in [-0.3, -0.25) is 0 Å². The van der Waals surface area contributed by atoms with Crippen LogP contribution in [0.5, 0.6) is 0 Å². The van der Waals surface area contributed by atoms with Gasteiger partial charge in [-0.15, -0.1) is 0 Å². The summed E-state index contributed by atoms with van der Waals surface area (Å²) in [7, 11) is 0. The molecule has 0 bridgehead atoms. The molecule has 0 aromatic heterocycles. The van der Waals surface area contributed by atoms with Crippen LogP contribution in [0, 0.1) is 5.41 Å². The van der Waals surface area contributed by atoms with E-state index in [1.165, 1.54) is 11.1 Å². The highest BCUT2D eigenvalue weighted by Crippen LogP contribution is 2.54. The fourth-order valence-corrected chi connectivity index (χ4v) is 2.64. The van der Waals surface area contributed by atoms with Crippen molar-refractivity contribution in [1.82, 2.24) is 0 Å². The van der Waals surface area contributed by atoms with Crippen molar-refractivity contribution < 1.29 is 5.11 Å². The van der Waals surface area contributed by atoms with Crippen LogP contribution >= 0.6 is 0 Å². The van der Waals surface area contributed by atoms with Crippen molar-refractivity contribution in [3.05, 3.63) is 47.5 Å². The van der Waals surface area contributed by atoms with E-state index in [9.17, 15) is 5.11 Å². The minimum atomic E-state index is -0.221. The highest BCUT2D eigenvalue weighted by atomic mass is 16.3. The van der Waals surface area contributed by atoms with Crippen LogP contribution < -0.4 is 0 Å². The third-order valence-corrected chi connectivity index (χ3v) is 3.54. The Morgan fingerprint density at radius 2 is 1.81 bits per heavy atom. The Morgan fingerprint density at radius 3 is 2.38 bits per heavy atom. The predicted octanol–water partition coefficient (Wildman–Crippen LogP) is 3.51. The van der Waals surface area contributed by atoms with Crippen molar-refractivity contribution in [2.45, 2.75) is 39.2 Å². The van der Waals surface area contributed by atoms with Gasteiger partial charge in [-0.25, -0.2) is 0 Å². The second kappa shape index (κ2) is 4.06. The van der Waals surface area contributed by atoms with Gasteiger partial charge in [-0.2, -0.15) is 0 Å². The van der Waals surface area contributed by atoms with Crippen LogP contribution in [0.15, 0.2) is 42.0 Å². The molecular weight excluding hydrogens is 196 g/mol. The molecule has 0 amide bonds. The van der Waals surface area contributed by atoms with Gasteiger partial charge in [0.2, 0.25) is 0 Å². The number of aliphatic hydroxyl groups excluding tert-OH is 1. The van der Waals surface area contributed by atoms with E-state index in [0.717, 1.165) is 6.42 Å². The zero-order valence-corrected chi connectivity index (χ0v) is 10.3. The summed E-state index contributed by atoms with van der Waals surface area (Å²) in [6.45, 7) is 6.32. The van der Waals surface area contributed by atoms with Crippen LogP contribution in [-0.2, 0) is 0 Å². The molecule has 0 spiro atoms. The highest BCUT2D eigenvalue weighted by Gasteiger charge is 2.42. The normalized spacial score (nSPS) is 27.1. The molecule has 1 aliphatic rings. The quantitative estimate of drug-likeness (QED) is 0.764. The zero-order chi connectivity index (χ0) is 11.8. The van der Waals surface area contributed by atoms with Crippen molar-refractivity contribution in [2.75, 3.05) is 0 Å². The van der Waals surface area contributed by atoms with Gasteiger partial charge in [0.05, 0.1) is 6.10 Å². The van der Waals surface area contributed by atoms with Crippen molar-refractivity contribution in [1.29, 1.82) is 0 Å². The third-order valence-electron chi connectivity index (χ3n) is 3.54. The highest BCUT2D eigenvalue weighted by molar-refractivity contribution is 5.45. The molecule has 0 radical (unpaired) electrons. The molecule has 1 aromatic carbocycles. The summed E-state index contributed by atoms with van der Waals surface area (Å²) in [6.07, 6.45) is 2.93. The van der Waals surface area contributed by atoms with E-state index < -0.39 is 0 Å². The van der Waals surface area contributed by atoms with Crippen LogP contribution in [0.4, 0.5) is 0 Å². The second-order valence-corrected chi connectivity index (χ2v) is 5.20. The first-order chi connectivity index (χ1) is 7.53. The molecule has 2 rings (SSSR count). The number of benzene rings is 1. The Morgan fingerprint density at radius 1 is 1.19 bits per heavy atom. The molecule has 86 valence electrons. The van der Waals surface area contributed by atoms with E-state index in [2.05, 4.69) is 44.2 Å². The van der Waals surface area contributed by atoms with Crippen LogP contribution in [0.3, 0.4) is 0 Å². The van der Waals surface area contributed by atoms with E-state index in [1.807, 2.05) is 13.0 Å². The smallest absolute Gasteiger partial charge is 0.0523 e. The van der Waals surface area contributed by atoms with Gasteiger partial charge in [0.1, 0.15) is 0 Å². The first-order valence-corrected chi connectivity index (χ1v) is 5.99. The van der Waals surface area contributed by atoms with Crippen LogP contribution in [0.2, 0.25) is 0 Å². The average molecular weight is 216 g/mol. The van der Waals surface area contributed by atoms with Gasteiger partial charge in [0.25, 0.3) is 0 Å². The average Bonchev–Trinajstić information content (AvgIpc) is 2.89. The van der Waals surface area contributed by atoms with Crippen LogP contribution in [0.1, 0.15) is 38.7 Å². The molecule has 0 saturated carbocycles. The molecule has 0 heterocycles. The topological polar surface area (TPSA) is 20.2 Å². The first-order valence-electron chi connectivity index (χ1n) is 5.99. The molecule has 0 fully saturated rings. The fraction of sp³-hybridized carbons (Fsp3) is 0.467. The van der Waals surface area contributed by atoms with Gasteiger partial charge >= 0.3 is 0 Å². The molecular formula is C15H20O. The summed E-state index contributed by atoms with van der Waals surface area (Å²) in [4.78, 5) is 0. The van der Waals surface area contributed by atoms with Crippen molar-refractivity contribution in [3.63, 3.8) is 0 Å². The van der Waals surface area contributed by atoms with Crippen molar-refractivity contribution >= 4 is 0 Å². The number of hydrogen-bond donors (Lipinski definition) is 1. The summed E-state index contributed by atoms with van der Waals surface area (Å²) in [5.41, 5.74) is 2.99. The number of aliphatic hydroxyl groups is 1. The second-order valence-electron chi connectivity index (χ2n) is 5.20. The molecule has 3 atom stereocenters. The summed E-state index contributed by atoms with van der Waals surface area (Å²) < 4.78 is 0. The number of hydrogen-bond acceptors (Lipinski definition) is 1. The van der Waals surface area contributed by atoms with Gasteiger partial charge in [-0.05, 0) is 18.9 Å². The maximum absolute atomic E-state index is 9.46. The van der Waals surface area contributed by atoms with E-state index in [-0.39, 0.29) is 11.5 Å². The lowest BCUT2D eigenvalue weighted by Crippen LogP contribution is -2.12. The lowest BCUT2D eigenvalue weighted by atomic mass is 9.87. The molecule has 16 heavy (non-hydrogen) atoms. The lowest BCUT2D eigenvalue weighted by Gasteiger charge is -2.18. The van der Waals surface area contributed by atoms with Gasteiger partial charge in [0, 0.05) is 11.3 Å². The lowest BCUT2D eigenvalue weighted by molar-refractivity contribution is 0.162. The van der Waals surface area contributed by atoms with E-state index in [0.29, 0.717) is 5.92 Å². The standard InChI is InChI=1S/C15H20O/c1-11(16)9-15(3)10-14(15)12(2)13-7-5-4-6-8-13/h4-8,10-12,16H,9H2,1-3H3/t11?,12?,15-/m0/s1. The molecule has 1 nitrogen and oxygen atoms in total. The van der Waals surface area contributed by atoms with Crippen molar-refractivity contribution in [2.24, 2.45) is 5.41 Å². The molecule has 0 saturated heterocycles. The molecule has 2 unspecified atom stereocenters. The maximum atomic E-state index is 9.46. The Labute approximate surface area is 97.8 Å². The van der Waals surface area contributed by atoms with E-state index >= 15 is 0 Å². The van der Waals surface area contributed by atoms with Gasteiger partial charge < -0.3 is 5.11 Å². The number of allylic oxidation sites excluding steroid dienone is 2. The Bertz CT molecular complexity index is 391.